The monoisotopic (exact) mass is 406 g/mol. The number of carbonyl (C=O) groups excluding carboxylic acids is 2. The molecule has 0 aliphatic rings. The Kier molecular flexibility index (Phi) is 5.24. The van der Waals surface area contributed by atoms with Crippen molar-refractivity contribution < 1.29 is 28.2 Å². The Morgan fingerprint density at radius 2 is 1.89 bits per heavy atom. The first-order valence-corrected chi connectivity index (χ1v) is 8.43. The number of nitrogens with zero attached hydrogens (tertiary/aromatic N) is 2. The maximum Gasteiger partial charge on any atom is 0.418 e. The van der Waals surface area contributed by atoms with Crippen LogP contribution in [0.1, 0.15) is 16.1 Å². The Morgan fingerprint density at radius 1 is 1.18 bits per heavy atom. The van der Waals surface area contributed by atoms with Crippen molar-refractivity contribution in [3.8, 4) is 17.0 Å². The number of benzene rings is 1. The lowest BCUT2D eigenvalue weighted by molar-refractivity contribution is 0.0596. The topological polar surface area (TPSA) is 79.7 Å². The van der Waals surface area contributed by atoms with Crippen LogP contribution in [0.4, 0.5) is 9.18 Å². The van der Waals surface area contributed by atoms with Crippen LogP contribution in [0, 0.1) is 12.7 Å². The van der Waals surface area contributed by atoms with Crippen LogP contribution in [-0.2, 0) is 9.47 Å². The Morgan fingerprint density at radius 3 is 2.50 bits per heavy atom. The van der Waals surface area contributed by atoms with E-state index in [2.05, 4.69) is 4.98 Å². The lowest BCUT2D eigenvalue weighted by atomic mass is 10.1. The molecule has 146 valence electrons. The Bertz CT molecular complexity index is 1110. The number of ether oxygens (including phenoxy) is 3. The van der Waals surface area contributed by atoms with Crippen LogP contribution in [0.5, 0.6) is 5.75 Å². The minimum absolute atomic E-state index is 0.0450. The molecule has 1 aromatic carbocycles. The van der Waals surface area contributed by atoms with Crippen molar-refractivity contribution in [3.05, 3.63) is 46.5 Å². The van der Waals surface area contributed by atoms with Crippen LogP contribution < -0.4 is 4.74 Å². The smallest absolute Gasteiger partial charge is 0.418 e. The maximum atomic E-state index is 14.9. The number of carbonyl (C=O) groups is 2. The van der Waals surface area contributed by atoms with Gasteiger partial charge < -0.3 is 14.2 Å². The first-order chi connectivity index (χ1) is 13.3. The molecule has 0 fully saturated rings. The number of halogens is 2. The molecule has 0 N–H and O–H groups in total. The fourth-order valence-electron chi connectivity index (χ4n) is 2.99. The Hall–Kier alpha value is -3.13. The molecule has 9 heteroatoms. The third-order valence-electron chi connectivity index (χ3n) is 4.25. The molecule has 3 rings (SSSR count). The van der Waals surface area contributed by atoms with Crippen LogP contribution in [0.25, 0.3) is 22.2 Å². The van der Waals surface area contributed by atoms with Crippen LogP contribution >= 0.6 is 11.6 Å². The number of aromatic nitrogens is 2. The summed E-state index contributed by atoms with van der Waals surface area (Å²) in [5, 5.41) is 0.495. The molecule has 7 nitrogen and oxygen atoms in total. The molecular weight excluding hydrogens is 391 g/mol. The molecule has 2 heterocycles. The summed E-state index contributed by atoms with van der Waals surface area (Å²) in [5.41, 5.74) is 1.02. The number of fused-ring (bicyclic) bond motifs is 1. The molecule has 0 spiro atoms. The highest BCUT2D eigenvalue weighted by Crippen LogP contribution is 2.36. The normalized spacial score (nSPS) is 10.8. The molecule has 0 radical (unpaired) electrons. The molecule has 0 saturated carbocycles. The van der Waals surface area contributed by atoms with Crippen molar-refractivity contribution in [2.45, 2.75) is 6.92 Å². The molecule has 0 saturated heterocycles. The summed E-state index contributed by atoms with van der Waals surface area (Å²) < 4.78 is 30.7. The summed E-state index contributed by atoms with van der Waals surface area (Å²) in [6.07, 6.45) is 0.841. The fourth-order valence-corrected chi connectivity index (χ4v) is 3.21. The van der Waals surface area contributed by atoms with E-state index in [1.54, 1.807) is 6.92 Å². The quantitative estimate of drug-likeness (QED) is 0.606. The van der Waals surface area contributed by atoms with Crippen LogP contribution in [0.2, 0.25) is 5.02 Å². The van der Waals surface area contributed by atoms with Crippen molar-refractivity contribution >= 4 is 34.6 Å². The molecular formula is C19H16ClFN2O5. The van der Waals surface area contributed by atoms with Gasteiger partial charge in [0.2, 0.25) is 0 Å². The summed E-state index contributed by atoms with van der Waals surface area (Å²) in [4.78, 5) is 28.8. The molecule has 0 amide bonds. The predicted octanol–water partition coefficient (Wildman–Crippen LogP) is 4.21. The molecule has 2 aromatic heterocycles. The highest BCUT2D eigenvalue weighted by atomic mass is 35.5. The zero-order valence-corrected chi connectivity index (χ0v) is 16.3. The molecule has 0 unspecified atom stereocenters. The first-order valence-electron chi connectivity index (χ1n) is 8.05. The summed E-state index contributed by atoms with van der Waals surface area (Å²) >= 11 is 5.95. The van der Waals surface area contributed by atoms with E-state index in [9.17, 15) is 14.0 Å². The van der Waals surface area contributed by atoms with E-state index in [0.717, 1.165) is 0 Å². The number of hydrogen-bond acceptors (Lipinski definition) is 6. The number of aryl methyl sites for hydroxylation is 1. The van der Waals surface area contributed by atoms with Gasteiger partial charge in [0.15, 0.2) is 17.3 Å². The summed E-state index contributed by atoms with van der Waals surface area (Å²) in [6.45, 7) is 1.71. The van der Waals surface area contributed by atoms with Gasteiger partial charge in [0.25, 0.3) is 0 Å². The fraction of sp³-hybridized carbons (Fsp3) is 0.211. The van der Waals surface area contributed by atoms with Crippen LogP contribution in [0.15, 0.2) is 24.4 Å². The predicted molar refractivity (Wildman–Crippen MR) is 101 cm³/mol. The van der Waals surface area contributed by atoms with E-state index >= 15 is 0 Å². The lowest BCUT2D eigenvalue weighted by Crippen LogP contribution is -2.11. The molecule has 0 aliphatic heterocycles. The minimum atomic E-state index is -0.745. The van der Waals surface area contributed by atoms with Crippen molar-refractivity contribution in [2.24, 2.45) is 0 Å². The summed E-state index contributed by atoms with van der Waals surface area (Å²) in [5.74, 6) is -1.62. The second kappa shape index (κ2) is 7.47. The largest absolute Gasteiger partial charge is 0.492 e. The highest BCUT2D eigenvalue weighted by Gasteiger charge is 2.24. The SMILES string of the molecule is COC(=O)c1nc(-c2ccc(Cl)c(OC)c2F)cc2c1c(C)cn2C(=O)OC. The van der Waals surface area contributed by atoms with Gasteiger partial charge in [-0.15, -0.1) is 0 Å². The number of pyridine rings is 1. The van der Waals surface area contributed by atoms with Crippen LogP contribution in [0.3, 0.4) is 0 Å². The van der Waals surface area contributed by atoms with Crippen molar-refractivity contribution in [1.29, 1.82) is 0 Å². The van der Waals surface area contributed by atoms with Gasteiger partial charge in [-0.1, -0.05) is 11.6 Å². The van der Waals surface area contributed by atoms with E-state index in [1.165, 1.54) is 50.3 Å². The Labute approximate surface area is 164 Å². The second-order valence-corrected chi connectivity index (χ2v) is 6.24. The van der Waals surface area contributed by atoms with E-state index in [-0.39, 0.29) is 27.7 Å². The maximum absolute atomic E-state index is 14.9. The molecule has 0 aliphatic carbocycles. The van der Waals surface area contributed by atoms with Gasteiger partial charge in [-0.2, -0.15) is 0 Å². The van der Waals surface area contributed by atoms with Crippen molar-refractivity contribution in [1.82, 2.24) is 9.55 Å². The molecule has 28 heavy (non-hydrogen) atoms. The third kappa shape index (κ3) is 3.05. The van der Waals surface area contributed by atoms with Gasteiger partial charge in [0, 0.05) is 17.1 Å². The molecule has 3 aromatic rings. The highest BCUT2D eigenvalue weighted by molar-refractivity contribution is 6.32. The summed E-state index contributed by atoms with van der Waals surface area (Å²) in [6, 6.07) is 4.35. The number of rotatable bonds is 3. The second-order valence-electron chi connectivity index (χ2n) is 5.84. The minimum Gasteiger partial charge on any atom is -0.492 e. The average Bonchev–Trinajstić information content (AvgIpc) is 3.03. The zero-order chi connectivity index (χ0) is 20.6. The van der Waals surface area contributed by atoms with E-state index < -0.39 is 17.9 Å². The van der Waals surface area contributed by atoms with Crippen LogP contribution in [-0.4, -0.2) is 42.9 Å². The number of methoxy groups -OCH3 is 3. The number of hydrogen-bond donors (Lipinski definition) is 0. The van der Waals surface area contributed by atoms with Gasteiger partial charge in [-0.05, 0) is 30.7 Å². The van der Waals surface area contributed by atoms with E-state index in [4.69, 9.17) is 25.8 Å². The van der Waals surface area contributed by atoms with Gasteiger partial charge in [0.05, 0.1) is 37.6 Å². The van der Waals surface area contributed by atoms with Gasteiger partial charge in [0.1, 0.15) is 0 Å². The van der Waals surface area contributed by atoms with E-state index in [1.807, 2.05) is 0 Å². The lowest BCUT2D eigenvalue weighted by Gasteiger charge is -2.11. The van der Waals surface area contributed by atoms with Crippen molar-refractivity contribution in [2.75, 3.05) is 21.3 Å². The zero-order valence-electron chi connectivity index (χ0n) is 15.5. The first kappa shape index (κ1) is 19.6. The molecule has 0 atom stereocenters. The van der Waals surface area contributed by atoms with E-state index in [0.29, 0.717) is 16.5 Å². The number of esters is 1. The van der Waals surface area contributed by atoms with Gasteiger partial charge >= 0.3 is 12.1 Å². The van der Waals surface area contributed by atoms with Gasteiger partial charge in [-0.25, -0.2) is 19.0 Å². The summed E-state index contributed by atoms with van der Waals surface area (Å²) in [7, 11) is 3.73. The standard InChI is InChI=1S/C19H16ClFN2O5/c1-9-8-23(19(25)28-4)13-7-12(22-16(14(9)13)18(24)27-3)10-5-6-11(20)17(26-2)15(10)21/h5-8H,1-4H3. The third-order valence-corrected chi connectivity index (χ3v) is 4.55. The Balaban J connectivity index is 2.40. The average molecular weight is 407 g/mol. The van der Waals surface area contributed by atoms with Crippen molar-refractivity contribution in [3.63, 3.8) is 0 Å². The van der Waals surface area contributed by atoms with Gasteiger partial charge in [-0.3, -0.25) is 4.57 Å². The molecule has 0 bridgehead atoms.